The molecule has 1 aromatic carbocycles. The molecule has 1 aliphatic heterocycles. The van der Waals surface area contributed by atoms with Gasteiger partial charge in [0.15, 0.2) is 0 Å². The van der Waals surface area contributed by atoms with Crippen molar-refractivity contribution in [2.75, 3.05) is 13.1 Å². The zero-order chi connectivity index (χ0) is 9.76. The van der Waals surface area contributed by atoms with E-state index in [1.54, 1.807) is 5.56 Å². The minimum atomic E-state index is 0.485. The Labute approximate surface area is 85.5 Å². The Bertz CT molecular complexity index is 342. The molecule has 0 spiro atoms. The predicted octanol–water partition coefficient (Wildman–Crippen LogP) is 2.10. The highest BCUT2D eigenvalue weighted by Gasteiger charge is 2.63. The van der Waals surface area contributed by atoms with Gasteiger partial charge in [0.25, 0.3) is 0 Å². The van der Waals surface area contributed by atoms with E-state index in [9.17, 15) is 0 Å². The molecule has 1 N–H and O–H groups in total. The SMILES string of the molecule is Cc1ccc(C2(C)C3CNCC32)cc1. The van der Waals surface area contributed by atoms with Gasteiger partial charge in [-0.05, 0) is 37.4 Å². The van der Waals surface area contributed by atoms with E-state index in [0.717, 1.165) is 11.8 Å². The molecule has 14 heavy (non-hydrogen) atoms. The Hall–Kier alpha value is -0.820. The minimum Gasteiger partial charge on any atom is -0.316 e. The van der Waals surface area contributed by atoms with Gasteiger partial charge in [0.1, 0.15) is 0 Å². The number of piperidine rings is 1. The van der Waals surface area contributed by atoms with Gasteiger partial charge in [-0.25, -0.2) is 0 Å². The number of hydrogen-bond donors (Lipinski definition) is 1. The van der Waals surface area contributed by atoms with Gasteiger partial charge in [-0.15, -0.1) is 0 Å². The summed E-state index contributed by atoms with van der Waals surface area (Å²) in [4.78, 5) is 0. The van der Waals surface area contributed by atoms with E-state index in [0.29, 0.717) is 5.41 Å². The van der Waals surface area contributed by atoms with Crippen LogP contribution in [-0.2, 0) is 5.41 Å². The molecule has 0 bridgehead atoms. The van der Waals surface area contributed by atoms with Crippen molar-refractivity contribution >= 4 is 0 Å². The van der Waals surface area contributed by atoms with Crippen molar-refractivity contribution in [2.45, 2.75) is 19.3 Å². The Kier molecular flexibility index (Phi) is 1.58. The van der Waals surface area contributed by atoms with Crippen LogP contribution >= 0.6 is 0 Å². The van der Waals surface area contributed by atoms with Gasteiger partial charge in [-0.3, -0.25) is 0 Å². The Morgan fingerprint density at radius 1 is 1.14 bits per heavy atom. The van der Waals surface area contributed by atoms with E-state index in [-0.39, 0.29) is 0 Å². The van der Waals surface area contributed by atoms with Gasteiger partial charge in [0.05, 0.1) is 0 Å². The van der Waals surface area contributed by atoms with Gasteiger partial charge >= 0.3 is 0 Å². The van der Waals surface area contributed by atoms with E-state index >= 15 is 0 Å². The smallest absolute Gasteiger partial charge is 0.00122 e. The molecule has 1 aromatic rings. The molecule has 1 saturated heterocycles. The van der Waals surface area contributed by atoms with Crippen LogP contribution in [0.5, 0.6) is 0 Å². The summed E-state index contributed by atoms with van der Waals surface area (Å²) in [6, 6.07) is 9.10. The highest BCUT2D eigenvalue weighted by molar-refractivity contribution is 5.38. The summed E-state index contributed by atoms with van der Waals surface area (Å²) < 4.78 is 0. The summed E-state index contributed by atoms with van der Waals surface area (Å²) in [5, 5.41) is 3.46. The van der Waals surface area contributed by atoms with Crippen LogP contribution in [0.3, 0.4) is 0 Å². The molecular formula is C13H17N. The quantitative estimate of drug-likeness (QED) is 0.710. The molecule has 1 nitrogen and oxygen atoms in total. The average molecular weight is 187 g/mol. The first-order chi connectivity index (χ1) is 6.73. The molecule has 0 radical (unpaired) electrons. The third kappa shape index (κ3) is 0.936. The maximum Gasteiger partial charge on any atom is 0.00122 e. The molecule has 2 aliphatic rings. The number of benzene rings is 1. The number of nitrogens with one attached hydrogen (secondary N) is 1. The van der Waals surface area contributed by atoms with Gasteiger partial charge in [0.2, 0.25) is 0 Å². The van der Waals surface area contributed by atoms with Crippen LogP contribution in [0.1, 0.15) is 18.1 Å². The van der Waals surface area contributed by atoms with E-state index in [2.05, 4.69) is 43.4 Å². The Morgan fingerprint density at radius 2 is 1.71 bits per heavy atom. The zero-order valence-electron chi connectivity index (χ0n) is 8.88. The fraction of sp³-hybridized carbons (Fsp3) is 0.538. The summed E-state index contributed by atoms with van der Waals surface area (Å²) in [7, 11) is 0. The van der Waals surface area contributed by atoms with Gasteiger partial charge in [0, 0.05) is 5.41 Å². The van der Waals surface area contributed by atoms with Crippen molar-refractivity contribution in [3.63, 3.8) is 0 Å². The van der Waals surface area contributed by atoms with E-state index < -0.39 is 0 Å². The van der Waals surface area contributed by atoms with Crippen LogP contribution in [0, 0.1) is 18.8 Å². The Balaban J connectivity index is 1.93. The molecule has 0 aromatic heterocycles. The van der Waals surface area contributed by atoms with Gasteiger partial charge in [-0.2, -0.15) is 0 Å². The number of aryl methyl sites for hydroxylation is 1. The lowest BCUT2D eigenvalue weighted by molar-refractivity contribution is 0.558. The molecule has 1 heteroatoms. The standard InChI is InChI=1S/C13H17N/c1-9-3-5-10(6-4-9)13(2)11-7-14-8-12(11)13/h3-6,11-12,14H,7-8H2,1-2H3. The predicted molar refractivity (Wildman–Crippen MR) is 58.4 cm³/mol. The lowest BCUT2D eigenvalue weighted by atomic mass is 9.92. The van der Waals surface area contributed by atoms with Gasteiger partial charge in [-0.1, -0.05) is 36.8 Å². The minimum absolute atomic E-state index is 0.485. The Morgan fingerprint density at radius 3 is 2.29 bits per heavy atom. The molecule has 2 unspecified atom stereocenters. The van der Waals surface area contributed by atoms with Crippen LogP contribution < -0.4 is 5.32 Å². The second-order valence-electron chi connectivity index (χ2n) is 5.02. The van der Waals surface area contributed by atoms with Crippen LogP contribution in [0.2, 0.25) is 0 Å². The summed E-state index contributed by atoms with van der Waals surface area (Å²) >= 11 is 0. The normalized spacial score (nSPS) is 39.6. The van der Waals surface area contributed by atoms with Crippen molar-refractivity contribution in [1.82, 2.24) is 5.32 Å². The summed E-state index contributed by atoms with van der Waals surface area (Å²) in [6.07, 6.45) is 0. The fourth-order valence-electron chi connectivity index (χ4n) is 3.14. The van der Waals surface area contributed by atoms with Crippen LogP contribution in [0.15, 0.2) is 24.3 Å². The van der Waals surface area contributed by atoms with E-state index in [4.69, 9.17) is 0 Å². The van der Waals surface area contributed by atoms with Crippen LogP contribution in [0.4, 0.5) is 0 Å². The summed E-state index contributed by atoms with van der Waals surface area (Å²) in [5.41, 5.74) is 3.39. The monoisotopic (exact) mass is 187 g/mol. The van der Waals surface area contributed by atoms with Crippen LogP contribution in [0.25, 0.3) is 0 Å². The second-order valence-corrected chi connectivity index (χ2v) is 5.02. The van der Waals surface area contributed by atoms with Crippen molar-refractivity contribution in [3.8, 4) is 0 Å². The third-order valence-corrected chi connectivity index (χ3v) is 4.32. The highest BCUT2D eigenvalue weighted by Crippen LogP contribution is 2.61. The first kappa shape index (κ1) is 8.49. The number of hydrogen-bond acceptors (Lipinski definition) is 1. The fourth-order valence-corrected chi connectivity index (χ4v) is 3.14. The summed E-state index contributed by atoms with van der Waals surface area (Å²) in [5.74, 6) is 1.79. The lowest BCUT2D eigenvalue weighted by Gasteiger charge is -2.16. The second kappa shape index (κ2) is 2.60. The van der Waals surface area contributed by atoms with E-state index in [1.807, 2.05) is 0 Å². The van der Waals surface area contributed by atoms with Crippen molar-refractivity contribution in [3.05, 3.63) is 35.4 Å². The first-order valence-corrected chi connectivity index (χ1v) is 5.51. The molecular weight excluding hydrogens is 170 g/mol. The van der Waals surface area contributed by atoms with Crippen molar-refractivity contribution in [1.29, 1.82) is 0 Å². The molecule has 1 aliphatic carbocycles. The third-order valence-electron chi connectivity index (χ3n) is 4.32. The molecule has 3 rings (SSSR count). The molecule has 2 fully saturated rings. The molecule has 2 atom stereocenters. The molecule has 1 heterocycles. The number of rotatable bonds is 1. The van der Waals surface area contributed by atoms with E-state index in [1.165, 1.54) is 18.7 Å². The van der Waals surface area contributed by atoms with Crippen molar-refractivity contribution in [2.24, 2.45) is 11.8 Å². The van der Waals surface area contributed by atoms with Crippen molar-refractivity contribution < 1.29 is 0 Å². The molecule has 0 amide bonds. The topological polar surface area (TPSA) is 12.0 Å². The largest absolute Gasteiger partial charge is 0.316 e. The van der Waals surface area contributed by atoms with Crippen LogP contribution in [-0.4, -0.2) is 13.1 Å². The summed E-state index contributed by atoms with van der Waals surface area (Å²) in [6.45, 7) is 7.01. The number of fused-ring (bicyclic) bond motifs is 1. The van der Waals surface area contributed by atoms with Gasteiger partial charge < -0.3 is 5.32 Å². The highest BCUT2D eigenvalue weighted by atomic mass is 15.0. The molecule has 74 valence electrons. The maximum atomic E-state index is 3.46. The maximum absolute atomic E-state index is 3.46. The zero-order valence-corrected chi connectivity index (χ0v) is 8.88. The average Bonchev–Trinajstić information content (AvgIpc) is 2.63. The molecule has 1 saturated carbocycles. The first-order valence-electron chi connectivity index (χ1n) is 5.51. The lowest BCUT2D eigenvalue weighted by Crippen LogP contribution is -2.22.